The van der Waals surface area contributed by atoms with Crippen molar-refractivity contribution in [1.29, 1.82) is 0 Å². The van der Waals surface area contributed by atoms with Gasteiger partial charge in [-0.3, -0.25) is 9.59 Å². The van der Waals surface area contributed by atoms with Gasteiger partial charge in [-0.05, 0) is 66.8 Å². The largest absolute Gasteiger partial charge is 0.493 e. The molecule has 0 aromatic heterocycles. The monoisotopic (exact) mass is 600 g/mol. The van der Waals surface area contributed by atoms with Crippen LogP contribution >= 0.6 is 0 Å². The molecule has 0 heterocycles. The average molecular weight is 601 g/mol. The van der Waals surface area contributed by atoms with Crippen LogP contribution in [0.15, 0.2) is 36.4 Å². The van der Waals surface area contributed by atoms with Crippen LogP contribution in [0.3, 0.4) is 0 Å². The molecule has 0 aliphatic rings. The van der Waals surface area contributed by atoms with Gasteiger partial charge in [0.2, 0.25) is 23.3 Å². The number of amides is 2. The first-order valence-corrected chi connectivity index (χ1v) is 13.4. The molecule has 0 aliphatic carbocycles. The molecule has 0 radical (unpaired) electrons. The van der Waals surface area contributed by atoms with Crippen LogP contribution < -0.4 is 39.1 Å². The Morgan fingerprint density at radius 2 is 1.09 bits per heavy atom. The maximum absolute atomic E-state index is 12.6. The SMILES string of the molecule is COC(=O)[C@H](CCCCNC(=O)/C=C/c1cc(OC)c(OC)c(OC)c1)NC(=O)/C=C/c1cc(OC)c(OC)c(OC)c1. The van der Waals surface area contributed by atoms with E-state index in [1.165, 1.54) is 61.9 Å². The lowest BCUT2D eigenvalue weighted by molar-refractivity contribution is -0.144. The lowest BCUT2D eigenvalue weighted by Crippen LogP contribution is -2.40. The van der Waals surface area contributed by atoms with Gasteiger partial charge in [-0.1, -0.05) is 0 Å². The lowest BCUT2D eigenvalue weighted by Gasteiger charge is -2.15. The third-order valence-electron chi connectivity index (χ3n) is 6.25. The summed E-state index contributed by atoms with van der Waals surface area (Å²) in [6, 6.07) is 5.99. The molecule has 12 nitrogen and oxygen atoms in total. The molecule has 0 aliphatic heterocycles. The second-order valence-electron chi connectivity index (χ2n) is 8.96. The van der Waals surface area contributed by atoms with Crippen molar-refractivity contribution in [3.8, 4) is 34.5 Å². The summed E-state index contributed by atoms with van der Waals surface area (Å²) in [5.74, 6) is 1.41. The number of carbonyl (C=O) groups is 3. The molecule has 2 aromatic rings. The maximum Gasteiger partial charge on any atom is 0.328 e. The van der Waals surface area contributed by atoms with Gasteiger partial charge in [-0.15, -0.1) is 0 Å². The van der Waals surface area contributed by atoms with Crippen molar-refractivity contribution >= 4 is 29.9 Å². The lowest BCUT2D eigenvalue weighted by atomic mass is 10.1. The van der Waals surface area contributed by atoms with Crippen molar-refractivity contribution in [2.75, 3.05) is 56.3 Å². The Morgan fingerprint density at radius 1 is 0.651 bits per heavy atom. The fraction of sp³-hybridized carbons (Fsp3) is 0.387. The summed E-state index contributed by atoms with van der Waals surface area (Å²) in [5.41, 5.74) is 1.33. The first kappa shape index (κ1) is 34.3. The highest BCUT2D eigenvalue weighted by molar-refractivity contribution is 5.95. The predicted molar refractivity (Wildman–Crippen MR) is 161 cm³/mol. The number of carbonyl (C=O) groups excluding carboxylic acids is 3. The number of esters is 1. The summed E-state index contributed by atoms with van der Waals surface area (Å²) < 4.78 is 36.8. The highest BCUT2D eigenvalue weighted by atomic mass is 16.5. The molecule has 2 rings (SSSR count). The van der Waals surface area contributed by atoms with Gasteiger partial charge in [0.25, 0.3) is 0 Å². The number of benzene rings is 2. The van der Waals surface area contributed by atoms with Crippen LogP contribution in [0.2, 0.25) is 0 Å². The van der Waals surface area contributed by atoms with Crippen LogP contribution in [0, 0.1) is 0 Å². The smallest absolute Gasteiger partial charge is 0.328 e. The van der Waals surface area contributed by atoms with E-state index in [0.717, 1.165) is 0 Å². The summed E-state index contributed by atoms with van der Waals surface area (Å²) in [5, 5.41) is 5.47. The van der Waals surface area contributed by atoms with Crippen molar-refractivity contribution < 1.29 is 47.5 Å². The second kappa shape index (κ2) is 17.8. The molecule has 43 heavy (non-hydrogen) atoms. The zero-order valence-corrected chi connectivity index (χ0v) is 25.6. The van der Waals surface area contributed by atoms with E-state index in [0.29, 0.717) is 71.4 Å². The third kappa shape index (κ3) is 10.2. The zero-order valence-electron chi connectivity index (χ0n) is 25.6. The molecule has 0 saturated heterocycles. The van der Waals surface area contributed by atoms with Crippen LogP contribution in [-0.2, 0) is 19.1 Å². The Labute approximate surface area is 251 Å². The number of methoxy groups -OCH3 is 7. The highest BCUT2D eigenvalue weighted by Gasteiger charge is 2.20. The van der Waals surface area contributed by atoms with Crippen molar-refractivity contribution in [2.45, 2.75) is 25.3 Å². The number of hydrogen-bond acceptors (Lipinski definition) is 10. The molecular formula is C31H40N2O10. The van der Waals surface area contributed by atoms with Gasteiger partial charge in [0.15, 0.2) is 23.0 Å². The second-order valence-corrected chi connectivity index (χ2v) is 8.96. The summed E-state index contributed by atoms with van der Waals surface area (Å²) in [4.78, 5) is 37.2. The normalized spacial score (nSPS) is 11.5. The van der Waals surface area contributed by atoms with Gasteiger partial charge in [-0.25, -0.2) is 4.79 Å². The number of ether oxygens (including phenoxy) is 7. The Balaban J connectivity index is 1.89. The van der Waals surface area contributed by atoms with Crippen LogP contribution in [0.25, 0.3) is 12.2 Å². The minimum Gasteiger partial charge on any atom is -0.493 e. The maximum atomic E-state index is 12.6. The Bertz CT molecular complexity index is 1260. The van der Waals surface area contributed by atoms with E-state index in [4.69, 9.17) is 33.2 Å². The van der Waals surface area contributed by atoms with Crippen molar-refractivity contribution in [1.82, 2.24) is 10.6 Å². The molecule has 0 fully saturated rings. The van der Waals surface area contributed by atoms with Gasteiger partial charge in [0.1, 0.15) is 6.04 Å². The minimum atomic E-state index is -0.849. The summed E-state index contributed by atoms with van der Waals surface area (Å²) in [7, 11) is 10.3. The Hall–Kier alpha value is -4.87. The molecule has 12 heteroatoms. The van der Waals surface area contributed by atoms with Crippen LogP contribution in [0.5, 0.6) is 34.5 Å². The van der Waals surface area contributed by atoms with E-state index in [1.54, 1.807) is 36.4 Å². The molecule has 234 valence electrons. The number of unbranched alkanes of at least 4 members (excludes halogenated alkanes) is 1. The first-order chi connectivity index (χ1) is 20.7. The Kier molecular flexibility index (Phi) is 14.2. The molecular weight excluding hydrogens is 560 g/mol. The molecule has 2 N–H and O–H groups in total. The van der Waals surface area contributed by atoms with Crippen molar-refractivity contribution in [3.05, 3.63) is 47.5 Å². The van der Waals surface area contributed by atoms with E-state index in [-0.39, 0.29) is 5.91 Å². The van der Waals surface area contributed by atoms with Crippen LogP contribution in [0.1, 0.15) is 30.4 Å². The summed E-state index contributed by atoms with van der Waals surface area (Å²) >= 11 is 0. The van der Waals surface area contributed by atoms with Crippen LogP contribution in [-0.4, -0.2) is 80.1 Å². The van der Waals surface area contributed by atoms with Gasteiger partial charge < -0.3 is 43.8 Å². The number of hydrogen-bond donors (Lipinski definition) is 2. The molecule has 0 unspecified atom stereocenters. The van der Waals surface area contributed by atoms with Gasteiger partial charge in [0.05, 0.1) is 49.8 Å². The fourth-order valence-electron chi connectivity index (χ4n) is 4.09. The number of nitrogens with one attached hydrogen (secondary N) is 2. The molecule has 0 saturated carbocycles. The van der Waals surface area contributed by atoms with Gasteiger partial charge in [0, 0.05) is 18.7 Å². The standard InChI is InChI=1S/C31H40N2O10/c1-37-23-16-20(17-24(38-2)29(23)41-5)11-13-27(34)32-15-9-8-10-22(31(36)43-7)33-28(35)14-12-21-18-25(39-3)30(42-6)26(19-21)40-4/h11-14,16-19,22H,8-10,15H2,1-7H3,(H,32,34)(H,33,35)/b13-11+,14-12+/t22-/m0/s1. The first-order valence-electron chi connectivity index (χ1n) is 13.4. The van der Waals surface area contributed by atoms with E-state index in [2.05, 4.69) is 10.6 Å². The zero-order chi connectivity index (χ0) is 31.8. The van der Waals surface area contributed by atoms with Crippen LogP contribution in [0.4, 0.5) is 0 Å². The molecule has 0 bridgehead atoms. The van der Waals surface area contributed by atoms with Crippen molar-refractivity contribution in [2.24, 2.45) is 0 Å². The predicted octanol–water partition coefficient (Wildman–Crippen LogP) is 3.41. The molecule has 2 amide bonds. The van der Waals surface area contributed by atoms with Gasteiger partial charge >= 0.3 is 5.97 Å². The Morgan fingerprint density at radius 3 is 1.49 bits per heavy atom. The topological polar surface area (TPSA) is 140 Å². The molecule has 0 spiro atoms. The fourth-order valence-corrected chi connectivity index (χ4v) is 4.09. The summed E-state index contributed by atoms with van der Waals surface area (Å²) in [6.45, 7) is 0.376. The molecule has 1 atom stereocenters. The highest BCUT2D eigenvalue weighted by Crippen LogP contribution is 2.39. The third-order valence-corrected chi connectivity index (χ3v) is 6.25. The summed E-state index contributed by atoms with van der Waals surface area (Å²) in [6.07, 6.45) is 7.36. The van der Waals surface area contributed by atoms with E-state index >= 15 is 0 Å². The van der Waals surface area contributed by atoms with E-state index in [9.17, 15) is 14.4 Å². The van der Waals surface area contributed by atoms with Crippen molar-refractivity contribution in [3.63, 3.8) is 0 Å². The number of rotatable bonds is 17. The van der Waals surface area contributed by atoms with E-state index < -0.39 is 17.9 Å². The van der Waals surface area contributed by atoms with Gasteiger partial charge in [-0.2, -0.15) is 0 Å². The van der Waals surface area contributed by atoms with E-state index in [1.807, 2.05) is 0 Å². The average Bonchev–Trinajstić information content (AvgIpc) is 3.03. The quantitative estimate of drug-likeness (QED) is 0.158. The minimum absolute atomic E-state index is 0.288. The molecule has 2 aromatic carbocycles.